The van der Waals surface area contributed by atoms with Crippen LogP contribution in [0.25, 0.3) is 0 Å². The molecule has 1 aromatic heterocycles. The molecule has 0 aliphatic heterocycles. The first-order chi connectivity index (χ1) is 15.1. The molecule has 1 aromatic rings. The second-order valence-electron chi connectivity index (χ2n) is 9.09. The Hall–Kier alpha value is -2.83. The second kappa shape index (κ2) is 8.96. The summed E-state index contributed by atoms with van der Waals surface area (Å²) in [6, 6.07) is 0. The van der Waals surface area contributed by atoms with Crippen molar-refractivity contribution < 1.29 is 33.4 Å². The minimum Gasteiger partial charge on any atom is -0.481 e. The summed E-state index contributed by atoms with van der Waals surface area (Å²) >= 11 is 0. The van der Waals surface area contributed by atoms with Crippen LogP contribution in [0.2, 0.25) is 0 Å². The number of furan rings is 1. The summed E-state index contributed by atoms with van der Waals surface area (Å²) in [6.45, 7) is 10.5. The molecular formula is C25H32O7. The van der Waals surface area contributed by atoms with Gasteiger partial charge >= 0.3 is 17.9 Å². The molecule has 174 valence electrons. The van der Waals surface area contributed by atoms with E-state index in [4.69, 9.17) is 13.9 Å². The molecule has 7 nitrogen and oxygen atoms in total. The van der Waals surface area contributed by atoms with Crippen LogP contribution in [0, 0.1) is 24.2 Å². The number of ether oxygens (including phenoxy) is 2. The highest BCUT2D eigenvalue weighted by Gasteiger charge is 2.62. The Labute approximate surface area is 188 Å². The predicted octanol–water partition coefficient (Wildman–Crippen LogP) is 4.69. The van der Waals surface area contributed by atoms with Crippen molar-refractivity contribution in [3.8, 4) is 0 Å². The maximum absolute atomic E-state index is 12.8. The molecule has 2 aliphatic carbocycles. The fraction of sp³-hybridized carbons (Fsp3) is 0.560. The predicted molar refractivity (Wildman–Crippen MR) is 117 cm³/mol. The molecule has 1 heterocycles. The van der Waals surface area contributed by atoms with Gasteiger partial charge in [0.1, 0.15) is 23.9 Å². The number of aliphatic carboxylic acids is 1. The third-order valence-electron chi connectivity index (χ3n) is 7.34. The summed E-state index contributed by atoms with van der Waals surface area (Å²) < 4.78 is 17.5. The number of hydrogen-bond donors (Lipinski definition) is 1. The van der Waals surface area contributed by atoms with Gasteiger partial charge in [0.05, 0.1) is 6.26 Å². The molecule has 5 atom stereocenters. The van der Waals surface area contributed by atoms with Gasteiger partial charge in [-0.2, -0.15) is 0 Å². The molecule has 0 aromatic carbocycles. The van der Waals surface area contributed by atoms with Crippen LogP contribution in [-0.2, 0) is 30.3 Å². The Kier molecular flexibility index (Phi) is 6.67. The minimum atomic E-state index is -1.07. The van der Waals surface area contributed by atoms with Crippen LogP contribution in [0.15, 0.2) is 34.0 Å². The zero-order chi connectivity index (χ0) is 23.8. The summed E-state index contributed by atoms with van der Waals surface area (Å²) in [5.74, 6) is -2.52. The molecule has 1 N–H and O–H groups in total. The summed E-state index contributed by atoms with van der Waals surface area (Å²) in [7, 11) is 0. The Morgan fingerprint density at radius 3 is 2.25 bits per heavy atom. The van der Waals surface area contributed by atoms with E-state index in [1.54, 1.807) is 46.1 Å². The van der Waals surface area contributed by atoms with E-state index in [0.717, 1.165) is 16.9 Å². The van der Waals surface area contributed by atoms with Crippen molar-refractivity contribution in [2.45, 2.75) is 73.0 Å². The van der Waals surface area contributed by atoms with Crippen LogP contribution >= 0.6 is 0 Å². The van der Waals surface area contributed by atoms with E-state index < -0.39 is 41.4 Å². The van der Waals surface area contributed by atoms with Crippen molar-refractivity contribution in [2.24, 2.45) is 17.3 Å². The lowest BCUT2D eigenvalue weighted by atomic mass is 9.53. The maximum Gasteiger partial charge on any atom is 0.334 e. The second-order valence-corrected chi connectivity index (χ2v) is 9.09. The van der Waals surface area contributed by atoms with Gasteiger partial charge in [0.25, 0.3) is 0 Å². The monoisotopic (exact) mass is 444 g/mol. The van der Waals surface area contributed by atoms with Crippen molar-refractivity contribution >= 4 is 17.9 Å². The van der Waals surface area contributed by atoms with Gasteiger partial charge in [-0.05, 0) is 58.9 Å². The quantitative estimate of drug-likeness (QED) is 0.519. The summed E-state index contributed by atoms with van der Waals surface area (Å²) in [6.07, 6.45) is 4.86. The van der Waals surface area contributed by atoms with E-state index in [1.165, 1.54) is 0 Å². The lowest BCUT2D eigenvalue weighted by molar-refractivity contribution is -0.196. The fourth-order valence-corrected chi connectivity index (χ4v) is 5.15. The van der Waals surface area contributed by atoms with Crippen LogP contribution in [0.3, 0.4) is 0 Å². The maximum atomic E-state index is 12.8. The zero-order valence-corrected chi connectivity index (χ0v) is 19.6. The number of carboxylic acid groups (broad SMARTS) is 1. The van der Waals surface area contributed by atoms with Gasteiger partial charge < -0.3 is 19.0 Å². The molecule has 0 amide bonds. The molecule has 0 spiro atoms. The highest BCUT2D eigenvalue weighted by atomic mass is 16.6. The van der Waals surface area contributed by atoms with Gasteiger partial charge in [-0.3, -0.25) is 4.79 Å². The molecule has 32 heavy (non-hydrogen) atoms. The number of carboxylic acids is 1. The molecule has 0 saturated heterocycles. The average molecular weight is 445 g/mol. The van der Waals surface area contributed by atoms with Crippen molar-refractivity contribution in [1.82, 2.24) is 0 Å². The van der Waals surface area contributed by atoms with E-state index in [1.807, 2.05) is 13.8 Å². The molecule has 1 fully saturated rings. The average Bonchev–Trinajstić information content (AvgIpc) is 3.12. The molecular weight excluding hydrogens is 412 g/mol. The molecule has 2 aliphatic rings. The first-order valence-electron chi connectivity index (χ1n) is 11.0. The highest BCUT2D eigenvalue weighted by Crippen LogP contribution is 2.60. The van der Waals surface area contributed by atoms with Gasteiger partial charge in [0.2, 0.25) is 0 Å². The van der Waals surface area contributed by atoms with Crippen molar-refractivity contribution in [1.29, 1.82) is 0 Å². The fourth-order valence-electron chi connectivity index (χ4n) is 5.15. The number of aryl methyl sites for hydroxylation is 1. The number of allylic oxidation sites excluding steroid dienone is 2. The minimum absolute atomic E-state index is 0.108. The van der Waals surface area contributed by atoms with E-state index in [9.17, 15) is 19.5 Å². The van der Waals surface area contributed by atoms with Crippen LogP contribution in [0.5, 0.6) is 0 Å². The number of hydrogen-bond acceptors (Lipinski definition) is 6. The number of fused-ring (bicyclic) bond motifs is 2. The van der Waals surface area contributed by atoms with Gasteiger partial charge in [-0.15, -0.1) is 0 Å². The topological polar surface area (TPSA) is 103 Å². The van der Waals surface area contributed by atoms with E-state index >= 15 is 0 Å². The van der Waals surface area contributed by atoms with Gasteiger partial charge in [0, 0.05) is 28.5 Å². The van der Waals surface area contributed by atoms with E-state index in [0.29, 0.717) is 30.4 Å². The lowest BCUT2D eigenvalue weighted by Crippen LogP contribution is -2.56. The smallest absolute Gasteiger partial charge is 0.334 e. The van der Waals surface area contributed by atoms with Crippen molar-refractivity contribution in [3.63, 3.8) is 0 Å². The van der Waals surface area contributed by atoms with Gasteiger partial charge in [-0.25, -0.2) is 9.59 Å². The SMILES string of the molecule is CC=C(C)C(=O)OC1CCC2Cc3occ(C)c3C(OC(=O)C(C)=CC)C2(C)C1C(=O)O. The van der Waals surface area contributed by atoms with Gasteiger partial charge in [0.15, 0.2) is 0 Å². The van der Waals surface area contributed by atoms with Crippen LogP contribution in [-0.4, -0.2) is 29.1 Å². The van der Waals surface area contributed by atoms with E-state index in [2.05, 4.69) is 0 Å². The molecule has 7 heteroatoms. The Morgan fingerprint density at radius 2 is 1.69 bits per heavy atom. The number of carbonyl (C=O) groups is 3. The summed E-state index contributed by atoms with van der Waals surface area (Å²) in [4.78, 5) is 37.9. The molecule has 0 bridgehead atoms. The van der Waals surface area contributed by atoms with Crippen LogP contribution in [0.4, 0.5) is 0 Å². The normalized spacial score (nSPS) is 30.2. The molecule has 0 radical (unpaired) electrons. The van der Waals surface area contributed by atoms with Gasteiger partial charge in [-0.1, -0.05) is 19.1 Å². The van der Waals surface area contributed by atoms with Crippen molar-refractivity contribution in [2.75, 3.05) is 0 Å². The Morgan fingerprint density at radius 1 is 1.09 bits per heavy atom. The third kappa shape index (κ3) is 3.89. The zero-order valence-electron chi connectivity index (χ0n) is 19.6. The van der Waals surface area contributed by atoms with Crippen LogP contribution < -0.4 is 0 Å². The largest absolute Gasteiger partial charge is 0.481 e. The van der Waals surface area contributed by atoms with Crippen molar-refractivity contribution in [3.05, 3.63) is 46.4 Å². The number of rotatable bonds is 5. The lowest BCUT2D eigenvalue weighted by Gasteiger charge is -2.53. The molecule has 1 saturated carbocycles. The summed E-state index contributed by atoms with van der Waals surface area (Å²) in [5, 5.41) is 10.3. The standard InChI is InChI=1S/C25H32O7/c1-7-13(3)23(28)31-17-10-9-16-11-18-19(15(5)12-30-18)21(32-24(29)14(4)8-2)25(16,6)20(17)22(26)27/h7-8,12,16-17,20-21H,9-11H2,1-6H3,(H,26,27). The Bertz CT molecular complexity index is 982. The third-order valence-corrected chi connectivity index (χ3v) is 7.34. The molecule has 5 unspecified atom stereocenters. The first-order valence-corrected chi connectivity index (χ1v) is 11.0. The highest BCUT2D eigenvalue weighted by molar-refractivity contribution is 5.88. The van der Waals surface area contributed by atoms with Crippen LogP contribution in [0.1, 0.15) is 70.5 Å². The number of esters is 2. The molecule has 3 rings (SSSR count). The summed E-state index contributed by atoms with van der Waals surface area (Å²) in [5.41, 5.74) is 1.41. The Balaban J connectivity index is 2.10. The van der Waals surface area contributed by atoms with E-state index in [-0.39, 0.29) is 5.92 Å². The number of carbonyl (C=O) groups excluding carboxylic acids is 2. The first kappa shape index (κ1) is 23.8.